The zero-order valence-corrected chi connectivity index (χ0v) is 11.0. The maximum Gasteiger partial charge on any atom is 0.176 e. The van der Waals surface area contributed by atoms with Crippen molar-refractivity contribution in [2.75, 3.05) is 12.9 Å². The highest BCUT2D eigenvalue weighted by Crippen LogP contribution is 2.31. The molecule has 1 aromatic rings. The molecular formula is C11H12ClNO3S. The molecule has 0 aliphatic carbocycles. The number of hydrogen-bond acceptors (Lipinski definition) is 4. The number of hydroxylamine groups is 1. The molecule has 1 N–H and O–H groups in total. The molecule has 1 aliphatic rings. The van der Waals surface area contributed by atoms with Gasteiger partial charge in [0.15, 0.2) is 9.84 Å². The van der Waals surface area contributed by atoms with Crippen molar-refractivity contribution in [1.29, 1.82) is 0 Å². The van der Waals surface area contributed by atoms with Crippen molar-refractivity contribution in [3.8, 4) is 0 Å². The molecule has 0 radical (unpaired) electrons. The third-order valence-electron chi connectivity index (χ3n) is 2.58. The Hall–Kier alpha value is -1.04. The molecule has 0 amide bonds. The lowest BCUT2D eigenvalue weighted by atomic mass is 10.1. The Morgan fingerprint density at radius 1 is 1.41 bits per heavy atom. The summed E-state index contributed by atoms with van der Waals surface area (Å²) in [5, 5.41) is 0.530. The summed E-state index contributed by atoms with van der Waals surface area (Å²) < 4.78 is 23.5. The van der Waals surface area contributed by atoms with Gasteiger partial charge >= 0.3 is 0 Å². The van der Waals surface area contributed by atoms with Gasteiger partial charge in [0.1, 0.15) is 0 Å². The molecule has 0 unspecified atom stereocenters. The van der Waals surface area contributed by atoms with E-state index in [0.29, 0.717) is 22.9 Å². The highest BCUT2D eigenvalue weighted by Gasteiger charge is 2.21. The molecule has 4 nitrogen and oxygen atoms in total. The van der Waals surface area contributed by atoms with E-state index in [1.165, 1.54) is 12.3 Å². The van der Waals surface area contributed by atoms with Crippen molar-refractivity contribution < 1.29 is 13.3 Å². The van der Waals surface area contributed by atoms with Gasteiger partial charge in [-0.15, -0.1) is 0 Å². The summed E-state index contributed by atoms with van der Waals surface area (Å²) in [6.45, 7) is 2.19. The molecule has 92 valence electrons. The van der Waals surface area contributed by atoms with Gasteiger partial charge in [-0.25, -0.2) is 8.42 Å². The van der Waals surface area contributed by atoms with E-state index in [9.17, 15) is 8.42 Å². The van der Waals surface area contributed by atoms with Gasteiger partial charge in [0.25, 0.3) is 0 Å². The highest BCUT2D eigenvalue weighted by molar-refractivity contribution is 7.90. The van der Waals surface area contributed by atoms with E-state index in [0.717, 1.165) is 5.56 Å². The predicted octanol–water partition coefficient (Wildman–Crippen LogP) is 1.93. The summed E-state index contributed by atoms with van der Waals surface area (Å²) in [5.74, 6) is 0. The van der Waals surface area contributed by atoms with E-state index in [-0.39, 0.29) is 4.90 Å². The average molecular weight is 274 g/mol. The third-order valence-corrected chi connectivity index (χ3v) is 4.13. The number of sulfone groups is 1. The van der Waals surface area contributed by atoms with E-state index in [1.807, 2.05) is 0 Å². The summed E-state index contributed by atoms with van der Waals surface area (Å²) in [6.07, 6.45) is 2.96. The van der Waals surface area contributed by atoms with Crippen LogP contribution in [0, 0.1) is 6.92 Å². The van der Waals surface area contributed by atoms with Crippen LogP contribution in [-0.4, -0.2) is 21.3 Å². The van der Waals surface area contributed by atoms with Gasteiger partial charge in [-0.2, -0.15) is 0 Å². The molecule has 0 spiro atoms. The molecule has 0 saturated heterocycles. The normalized spacial score (nSPS) is 15.6. The van der Waals surface area contributed by atoms with Crippen LogP contribution < -0.4 is 5.48 Å². The van der Waals surface area contributed by atoms with Crippen LogP contribution in [0.1, 0.15) is 11.1 Å². The van der Waals surface area contributed by atoms with Crippen molar-refractivity contribution in [2.45, 2.75) is 11.8 Å². The molecule has 17 heavy (non-hydrogen) atoms. The van der Waals surface area contributed by atoms with Gasteiger partial charge < -0.3 is 0 Å². The largest absolute Gasteiger partial charge is 0.272 e. The molecule has 1 aromatic carbocycles. The second kappa shape index (κ2) is 4.33. The molecule has 1 aliphatic heterocycles. The van der Waals surface area contributed by atoms with E-state index in [2.05, 4.69) is 5.48 Å². The maximum atomic E-state index is 11.7. The smallest absolute Gasteiger partial charge is 0.176 e. The zero-order valence-electron chi connectivity index (χ0n) is 9.45. The maximum absolute atomic E-state index is 11.7. The fraction of sp³-hybridized carbons (Fsp3) is 0.273. The van der Waals surface area contributed by atoms with Crippen LogP contribution in [0.2, 0.25) is 5.02 Å². The van der Waals surface area contributed by atoms with Crippen molar-refractivity contribution in [3.63, 3.8) is 0 Å². The van der Waals surface area contributed by atoms with Crippen LogP contribution in [0.4, 0.5) is 0 Å². The molecule has 0 saturated carbocycles. The first-order chi connectivity index (χ1) is 7.91. The van der Waals surface area contributed by atoms with Crippen LogP contribution in [0.25, 0.3) is 5.70 Å². The minimum absolute atomic E-state index is 0.253. The average Bonchev–Trinajstić information content (AvgIpc) is 2.73. The van der Waals surface area contributed by atoms with Crippen LogP contribution in [-0.2, 0) is 14.7 Å². The molecule has 6 heteroatoms. The van der Waals surface area contributed by atoms with Crippen LogP contribution in [0.5, 0.6) is 0 Å². The number of halogens is 1. The molecule has 0 aromatic heterocycles. The summed E-state index contributed by atoms with van der Waals surface area (Å²) in [6, 6.07) is 3.11. The first-order valence-electron chi connectivity index (χ1n) is 4.99. The molecular weight excluding hydrogens is 262 g/mol. The Morgan fingerprint density at radius 3 is 2.65 bits per heavy atom. The van der Waals surface area contributed by atoms with Gasteiger partial charge in [-0.1, -0.05) is 11.6 Å². The van der Waals surface area contributed by atoms with Gasteiger partial charge in [0.2, 0.25) is 0 Å². The molecule has 1 heterocycles. The molecule has 2 rings (SSSR count). The number of rotatable bonds is 2. The Labute approximate surface area is 105 Å². The number of nitrogens with one attached hydrogen (secondary N) is 1. The zero-order chi connectivity index (χ0) is 12.6. The van der Waals surface area contributed by atoms with Crippen molar-refractivity contribution in [2.24, 2.45) is 0 Å². The number of hydrogen-bond donors (Lipinski definition) is 1. The fourth-order valence-electron chi connectivity index (χ4n) is 1.74. The molecule has 0 fully saturated rings. The lowest BCUT2D eigenvalue weighted by Gasteiger charge is -2.13. The SMILES string of the molecule is Cc1c(Cl)ccc(S(C)(=O)=O)c1C1=CCON1. The molecule has 0 atom stereocenters. The van der Waals surface area contributed by atoms with Crippen LogP contribution in [0.3, 0.4) is 0 Å². The minimum atomic E-state index is -3.31. The minimum Gasteiger partial charge on any atom is -0.272 e. The lowest BCUT2D eigenvalue weighted by molar-refractivity contribution is 0.121. The second-order valence-electron chi connectivity index (χ2n) is 3.85. The van der Waals surface area contributed by atoms with Crippen LogP contribution in [0.15, 0.2) is 23.1 Å². The van der Waals surface area contributed by atoms with Crippen LogP contribution >= 0.6 is 11.6 Å². The lowest BCUT2D eigenvalue weighted by Crippen LogP contribution is -2.11. The Morgan fingerprint density at radius 2 is 2.12 bits per heavy atom. The third kappa shape index (κ3) is 2.31. The summed E-state index contributed by atoms with van der Waals surface area (Å²) in [5.41, 5.74) is 4.64. The predicted molar refractivity (Wildman–Crippen MR) is 66.4 cm³/mol. The van der Waals surface area contributed by atoms with Crippen molar-refractivity contribution in [1.82, 2.24) is 5.48 Å². The Kier molecular flexibility index (Phi) is 3.16. The van der Waals surface area contributed by atoms with E-state index in [1.54, 1.807) is 19.1 Å². The van der Waals surface area contributed by atoms with Crippen molar-refractivity contribution >= 4 is 27.1 Å². The van der Waals surface area contributed by atoms with E-state index < -0.39 is 9.84 Å². The van der Waals surface area contributed by atoms with Gasteiger partial charge in [0, 0.05) is 16.8 Å². The standard InChI is InChI=1S/C11H12ClNO3S/c1-7-8(12)3-4-10(17(2,14)15)11(7)9-5-6-16-13-9/h3-5,13H,6H2,1-2H3. The van der Waals surface area contributed by atoms with E-state index in [4.69, 9.17) is 16.4 Å². The number of benzene rings is 1. The Balaban J connectivity index is 2.73. The quantitative estimate of drug-likeness (QED) is 0.895. The second-order valence-corrected chi connectivity index (χ2v) is 6.24. The summed E-state index contributed by atoms with van der Waals surface area (Å²) >= 11 is 6.02. The summed E-state index contributed by atoms with van der Waals surface area (Å²) in [4.78, 5) is 5.25. The van der Waals surface area contributed by atoms with Gasteiger partial charge in [-0.3, -0.25) is 10.3 Å². The highest BCUT2D eigenvalue weighted by atomic mass is 35.5. The molecule has 0 bridgehead atoms. The monoisotopic (exact) mass is 273 g/mol. The fourth-order valence-corrected chi connectivity index (χ4v) is 2.85. The van der Waals surface area contributed by atoms with Gasteiger partial charge in [-0.05, 0) is 30.7 Å². The Bertz CT molecular complexity index is 593. The first-order valence-corrected chi connectivity index (χ1v) is 7.25. The van der Waals surface area contributed by atoms with Gasteiger partial charge in [0.05, 0.1) is 17.2 Å². The summed E-state index contributed by atoms with van der Waals surface area (Å²) in [7, 11) is -3.31. The first kappa shape index (κ1) is 12.4. The van der Waals surface area contributed by atoms with Crippen molar-refractivity contribution in [3.05, 3.63) is 34.4 Å². The topological polar surface area (TPSA) is 55.4 Å². The van der Waals surface area contributed by atoms with E-state index >= 15 is 0 Å².